The van der Waals surface area contributed by atoms with E-state index in [9.17, 15) is 9.90 Å². The lowest BCUT2D eigenvalue weighted by Gasteiger charge is -2.20. The first-order valence-electron chi connectivity index (χ1n) is 4.58. The Morgan fingerprint density at radius 3 is 2.71 bits per heavy atom. The van der Waals surface area contributed by atoms with E-state index in [1.807, 2.05) is 6.92 Å². The summed E-state index contributed by atoms with van der Waals surface area (Å²) in [5.74, 6) is 0.451. The zero-order valence-electron chi connectivity index (χ0n) is 8.95. The molecular weight excluding hydrogens is 202 g/mol. The third-order valence-electron chi connectivity index (χ3n) is 1.86. The van der Waals surface area contributed by atoms with Gasteiger partial charge in [-0.2, -0.15) is 11.8 Å². The Kier molecular flexibility index (Phi) is 6.15. The van der Waals surface area contributed by atoms with Crippen LogP contribution >= 0.6 is 11.8 Å². The smallest absolute Gasteiger partial charge is 0.338 e. The maximum Gasteiger partial charge on any atom is 0.338 e. The number of methoxy groups -OCH3 is 1. The van der Waals surface area contributed by atoms with Crippen molar-refractivity contribution in [2.24, 2.45) is 5.73 Å². The van der Waals surface area contributed by atoms with Crippen LogP contribution in [-0.2, 0) is 9.53 Å². The van der Waals surface area contributed by atoms with Crippen LogP contribution in [0.4, 0.5) is 0 Å². The molecule has 0 amide bonds. The van der Waals surface area contributed by atoms with Gasteiger partial charge in [0.05, 0.1) is 7.11 Å². The van der Waals surface area contributed by atoms with E-state index in [0.29, 0.717) is 5.75 Å². The second-order valence-corrected chi connectivity index (χ2v) is 4.48. The maximum atomic E-state index is 11.1. The first-order valence-corrected chi connectivity index (χ1v) is 5.73. The van der Waals surface area contributed by atoms with Crippen LogP contribution in [0.15, 0.2) is 0 Å². The van der Waals surface area contributed by atoms with Crippen LogP contribution in [0.25, 0.3) is 0 Å². The highest BCUT2D eigenvalue weighted by atomic mass is 32.2. The van der Waals surface area contributed by atoms with Gasteiger partial charge in [0.2, 0.25) is 0 Å². The van der Waals surface area contributed by atoms with Gasteiger partial charge in [-0.15, -0.1) is 0 Å². The molecule has 84 valence electrons. The second kappa shape index (κ2) is 6.27. The molecule has 0 rings (SSSR count). The molecule has 0 aliphatic heterocycles. The highest BCUT2D eigenvalue weighted by Crippen LogP contribution is 2.15. The molecule has 0 heterocycles. The minimum atomic E-state index is -1.41. The largest absolute Gasteiger partial charge is 0.467 e. The van der Waals surface area contributed by atoms with E-state index >= 15 is 0 Å². The molecule has 0 bridgehead atoms. The fourth-order valence-electron chi connectivity index (χ4n) is 0.806. The first kappa shape index (κ1) is 13.7. The number of hydrogen-bond donors (Lipinski definition) is 2. The van der Waals surface area contributed by atoms with Crippen LogP contribution in [0.2, 0.25) is 0 Å². The third kappa shape index (κ3) is 4.83. The van der Waals surface area contributed by atoms with Crippen molar-refractivity contribution in [2.45, 2.75) is 31.9 Å². The van der Waals surface area contributed by atoms with E-state index in [1.54, 1.807) is 0 Å². The summed E-state index contributed by atoms with van der Waals surface area (Å²) in [7, 11) is 1.26. The number of rotatable bonds is 6. The van der Waals surface area contributed by atoms with Gasteiger partial charge in [0.1, 0.15) is 0 Å². The van der Waals surface area contributed by atoms with Crippen LogP contribution in [0.5, 0.6) is 0 Å². The average Bonchev–Trinajstić information content (AvgIpc) is 2.15. The Bertz CT molecular complexity index is 185. The Balaban J connectivity index is 3.82. The van der Waals surface area contributed by atoms with E-state index in [4.69, 9.17) is 5.73 Å². The van der Waals surface area contributed by atoms with Gasteiger partial charge in [-0.3, -0.25) is 0 Å². The van der Waals surface area contributed by atoms with Gasteiger partial charge in [0.25, 0.3) is 0 Å². The SMILES string of the molecule is CCC(N)CSCC(C)(O)C(=O)OC. The molecule has 0 aromatic rings. The summed E-state index contributed by atoms with van der Waals surface area (Å²) >= 11 is 1.46. The average molecular weight is 221 g/mol. The summed E-state index contributed by atoms with van der Waals surface area (Å²) in [6.45, 7) is 3.45. The minimum Gasteiger partial charge on any atom is -0.467 e. The lowest BCUT2D eigenvalue weighted by molar-refractivity contribution is -0.158. The number of ether oxygens (including phenoxy) is 1. The summed E-state index contributed by atoms with van der Waals surface area (Å²) in [6, 6.07) is 0.119. The normalized spacial score (nSPS) is 17.2. The molecule has 3 N–H and O–H groups in total. The van der Waals surface area contributed by atoms with E-state index in [2.05, 4.69) is 4.74 Å². The molecule has 0 radical (unpaired) electrons. The van der Waals surface area contributed by atoms with Crippen molar-refractivity contribution in [3.05, 3.63) is 0 Å². The topological polar surface area (TPSA) is 72.5 Å². The Hall–Kier alpha value is -0.260. The molecule has 2 atom stereocenters. The maximum absolute atomic E-state index is 11.1. The first-order chi connectivity index (χ1) is 6.44. The van der Waals surface area contributed by atoms with Crippen LogP contribution in [0.3, 0.4) is 0 Å². The molecule has 0 aromatic heterocycles. The number of hydrogen-bond acceptors (Lipinski definition) is 5. The van der Waals surface area contributed by atoms with Crippen molar-refractivity contribution in [3.8, 4) is 0 Å². The summed E-state index contributed by atoms with van der Waals surface area (Å²) in [5.41, 5.74) is 4.28. The van der Waals surface area contributed by atoms with Gasteiger partial charge in [-0.1, -0.05) is 6.92 Å². The molecule has 0 aromatic carbocycles. The molecule has 0 saturated heterocycles. The van der Waals surface area contributed by atoms with Crippen LogP contribution in [0, 0.1) is 0 Å². The second-order valence-electron chi connectivity index (χ2n) is 3.45. The highest BCUT2D eigenvalue weighted by Gasteiger charge is 2.31. The van der Waals surface area contributed by atoms with Crippen LogP contribution in [0.1, 0.15) is 20.3 Å². The standard InChI is InChI=1S/C9H19NO3S/c1-4-7(10)5-14-6-9(2,12)8(11)13-3/h7,12H,4-6,10H2,1-3H3. The van der Waals surface area contributed by atoms with Crippen molar-refractivity contribution < 1.29 is 14.6 Å². The number of carbonyl (C=O) groups excluding carboxylic acids is 1. The van der Waals surface area contributed by atoms with Crippen molar-refractivity contribution >= 4 is 17.7 Å². The summed E-state index contributed by atoms with van der Waals surface area (Å²) in [5, 5.41) is 9.63. The van der Waals surface area contributed by atoms with Crippen LogP contribution < -0.4 is 5.73 Å². The molecular formula is C9H19NO3S. The van der Waals surface area contributed by atoms with Crippen molar-refractivity contribution in [1.82, 2.24) is 0 Å². The van der Waals surface area contributed by atoms with E-state index in [0.717, 1.165) is 12.2 Å². The fraction of sp³-hybridized carbons (Fsp3) is 0.889. The molecule has 14 heavy (non-hydrogen) atoms. The molecule has 0 spiro atoms. The summed E-state index contributed by atoms with van der Waals surface area (Å²) in [4.78, 5) is 11.1. The minimum absolute atomic E-state index is 0.119. The number of carbonyl (C=O) groups is 1. The molecule has 4 nitrogen and oxygen atoms in total. The Labute approximate surface area is 89.2 Å². The van der Waals surface area contributed by atoms with Gasteiger partial charge < -0.3 is 15.6 Å². The Morgan fingerprint density at radius 2 is 2.29 bits per heavy atom. The predicted molar refractivity (Wildman–Crippen MR) is 58.2 cm³/mol. The van der Waals surface area contributed by atoms with Gasteiger partial charge in [0, 0.05) is 17.5 Å². The molecule has 0 fully saturated rings. The van der Waals surface area contributed by atoms with Crippen molar-refractivity contribution in [3.63, 3.8) is 0 Å². The number of esters is 1. The summed E-state index contributed by atoms with van der Waals surface area (Å²) < 4.78 is 4.47. The fourth-order valence-corrected chi connectivity index (χ4v) is 1.98. The Morgan fingerprint density at radius 1 is 1.71 bits per heavy atom. The van der Waals surface area contributed by atoms with Crippen molar-refractivity contribution in [1.29, 1.82) is 0 Å². The number of aliphatic hydroxyl groups is 1. The van der Waals surface area contributed by atoms with E-state index in [1.165, 1.54) is 25.8 Å². The molecule has 0 aliphatic carbocycles. The lowest BCUT2D eigenvalue weighted by atomic mass is 10.1. The molecule has 5 heteroatoms. The van der Waals surface area contributed by atoms with Gasteiger partial charge in [0.15, 0.2) is 5.60 Å². The zero-order chi connectivity index (χ0) is 11.2. The zero-order valence-corrected chi connectivity index (χ0v) is 9.76. The molecule has 2 unspecified atom stereocenters. The van der Waals surface area contributed by atoms with Gasteiger partial charge in [-0.05, 0) is 13.3 Å². The lowest BCUT2D eigenvalue weighted by Crippen LogP contribution is -2.39. The van der Waals surface area contributed by atoms with Crippen molar-refractivity contribution in [2.75, 3.05) is 18.6 Å². The molecule has 0 aliphatic rings. The number of nitrogens with two attached hydrogens (primary N) is 1. The predicted octanol–water partition coefficient (Wildman–Crippen LogP) is 0.381. The van der Waals surface area contributed by atoms with Crippen LogP contribution in [-0.4, -0.2) is 41.3 Å². The van der Waals surface area contributed by atoms with E-state index < -0.39 is 11.6 Å². The van der Waals surface area contributed by atoms with Gasteiger partial charge in [-0.25, -0.2) is 4.79 Å². The monoisotopic (exact) mass is 221 g/mol. The third-order valence-corrected chi connectivity index (χ3v) is 3.29. The van der Waals surface area contributed by atoms with E-state index in [-0.39, 0.29) is 6.04 Å². The number of thioether (sulfide) groups is 1. The summed E-state index contributed by atoms with van der Waals surface area (Å²) in [6.07, 6.45) is 0.896. The van der Waals surface area contributed by atoms with Gasteiger partial charge >= 0.3 is 5.97 Å². The highest BCUT2D eigenvalue weighted by molar-refractivity contribution is 7.99. The quantitative estimate of drug-likeness (QED) is 0.634. The molecule has 0 saturated carbocycles.